The number of aliphatic hydroxyl groups excluding tert-OH is 2. The van der Waals surface area contributed by atoms with E-state index in [1.54, 1.807) is 20.8 Å². The highest BCUT2D eigenvalue weighted by molar-refractivity contribution is 5.96. The van der Waals surface area contributed by atoms with Crippen LogP contribution in [0, 0.1) is 17.8 Å². The van der Waals surface area contributed by atoms with Crippen molar-refractivity contribution in [3.05, 3.63) is 0 Å². The number of amides is 5. The summed E-state index contributed by atoms with van der Waals surface area (Å²) in [6.45, 7) is 8.74. The lowest BCUT2D eigenvalue weighted by Crippen LogP contribution is -2.60. The number of unbranched alkanes of at least 4 members (excludes halogenated alkanes) is 7. The normalized spacial score (nSPS) is 25.9. The van der Waals surface area contributed by atoms with Gasteiger partial charge in [0.2, 0.25) is 29.5 Å². The van der Waals surface area contributed by atoms with Crippen molar-refractivity contribution in [2.45, 2.75) is 136 Å². The SMILES string of the molecule is CCCCCCCCCC[C@H]1OC(=O)CNC(=O)[C@H](CO)NC(=O)[C@H](CO)NC(=O)C(C(C)C)NC(=O)[C@H](CC(C)C)N(C)C(=O)[C@@H]1C. The molecular weight excluding hydrogens is 622 g/mol. The molecule has 5 amide bonds. The van der Waals surface area contributed by atoms with Crippen LogP contribution in [0.5, 0.6) is 0 Å². The van der Waals surface area contributed by atoms with E-state index >= 15 is 0 Å². The fraction of sp³-hybridized carbons (Fsp3) is 0.824. The van der Waals surface area contributed by atoms with Crippen molar-refractivity contribution in [2.24, 2.45) is 17.8 Å². The third-order valence-electron chi connectivity index (χ3n) is 8.67. The Morgan fingerprint density at radius 3 is 1.85 bits per heavy atom. The first kappa shape index (κ1) is 42.8. The van der Waals surface area contributed by atoms with Gasteiger partial charge in [0.1, 0.15) is 36.8 Å². The van der Waals surface area contributed by atoms with Crippen LogP contribution in [0.3, 0.4) is 0 Å². The van der Waals surface area contributed by atoms with E-state index in [1.165, 1.54) is 31.2 Å². The van der Waals surface area contributed by atoms with Crippen LogP contribution in [0.1, 0.15) is 106 Å². The molecule has 1 aliphatic heterocycles. The lowest BCUT2D eigenvalue weighted by Gasteiger charge is -2.34. The van der Waals surface area contributed by atoms with Gasteiger partial charge in [-0.1, -0.05) is 86.5 Å². The van der Waals surface area contributed by atoms with Crippen molar-refractivity contribution in [3.8, 4) is 0 Å². The van der Waals surface area contributed by atoms with Crippen molar-refractivity contribution in [1.29, 1.82) is 0 Å². The second-order valence-electron chi connectivity index (χ2n) is 13.6. The van der Waals surface area contributed by atoms with Gasteiger partial charge < -0.3 is 41.1 Å². The molecule has 0 spiro atoms. The van der Waals surface area contributed by atoms with E-state index < -0.39 is 97.4 Å². The lowest BCUT2D eigenvalue weighted by atomic mass is 9.94. The predicted molar refractivity (Wildman–Crippen MR) is 180 cm³/mol. The van der Waals surface area contributed by atoms with Crippen molar-refractivity contribution >= 4 is 35.5 Å². The van der Waals surface area contributed by atoms with E-state index in [4.69, 9.17) is 4.74 Å². The molecule has 0 aromatic rings. The number of nitrogens with one attached hydrogen (secondary N) is 4. The number of hydrogen-bond donors (Lipinski definition) is 6. The van der Waals surface area contributed by atoms with Gasteiger partial charge in [-0.2, -0.15) is 0 Å². The predicted octanol–water partition coefficient (Wildman–Crippen LogP) is 1.16. The zero-order valence-electron chi connectivity index (χ0n) is 30.0. The number of esters is 1. The minimum atomic E-state index is -1.52. The van der Waals surface area contributed by atoms with Crippen LogP contribution in [-0.4, -0.2) is 108 Å². The van der Waals surface area contributed by atoms with Crippen LogP contribution < -0.4 is 21.3 Å². The third kappa shape index (κ3) is 14.5. The second kappa shape index (κ2) is 22.4. The van der Waals surface area contributed by atoms with E-state index in [9.17, 15) is 39.0 Å². The largest absolute Gasteiger partial charge is 0.460 e. The van der Waals surface area contributed by atoms with Crippen LogP contribution in [0.4, 0.5) is 0 Å². The molecule has 1 saturated heterocycles. The summed E-state index contributed by atoms with van der Waals surface area (Å²) in [5.41, 5.74) is 0. The summed E-state index contributed by atoms with van der Waals surface area (Å²) in [5.74, 6) is -5.70. The fourth-order valence-electron chi connectivity index (χ4n) is 5.61. The van der Waals surface area contributed by atoms with Gasteiger partial charge in [0, 0.05) is 7.05 Å². The van der Waals surface area contributed by atoms with E-state index in [2.05, 4.69) is 28.2 Å². The molecule has 0 aliphatic carbocycles. The van der Waals surface area contributed by atoms with Crippen LogP contribution in [-0.2, 0) is 33.5 Å². The van der Waals surface area contributed by atoms with Crippen molar-refractivity contribution in [1.82, 2.24) is 26.2 Å². The standard InChI is InChI=1S/C34H61N5O9/c1-8-9-10-11-12-13-14-15-16-27-23(6)34(47)39(7)26(17-21(2)3)32(45)38-29(22(4)5)33(46)37-25(20-41)31(44)36-24(19-40)30(43)35-18-28(42)48-27/h21-27,29,40-41H,8-20H2,1-7H3,(H,35,43)(H,36,44)(H,37,46)(H,38,45)/t23-,24+,25+,26+,27-,29?/m1/s1. The van der Waals surface area contributed by atoms with Crippen LogP contribution in [0.25, 0.3) is 0 Å². The molecule has 0 bridgehead atoms. The fourth-order valence-corrected chi connectivity index (χ4v) is 5.61. The van der Waals surface area contributed by atoms with Gasteiger partial charge in [0.05, 0.1) is 19.1 Å². The van der Waals surface area contributed by atoms with Crippen LogP contribution in [0.15, 0.2) is 0 Å². The minimum absolute atomic E-state index is 0.00395. The quantitative estimate of drug-likeness (QED) is 0.115. The molecular formula is C34H61N5O9. The number of hydrogen-bond acceptors (Lipinski definition) is 9. The Hall–Kier alpha value is -3.26. The van der Waals surface area contributed by atoms with Crippen LogP contribution >= 0.6 is 0 Å². The topological polar surface area (TPSA) is 203 Å². The first-order chi connectivity index (χ1) is 22.7. The van der Waals surface area contributed by atoms with Gasteiger partial charge in [0.15, 0.2) is 0 Å². The molecule has 14 nitrogen and oxygen atoms in total. The average Bonchev–Trinajstić information content (AvgIpc) is 3.04. The van der Waals surface area contributed by atoms with E-state index in [1.807, 2.05) is 13.8 Å². The monoisotopic (exact) mass is 683 g/mol. The molecule has 1 heterocycles. The first-order valence-electron chi connectivity index (χ1n) is 17.5. The van der Waals surface area contributed by atoms with Crippen molar-refractivity contribution < 1.29 is 43.7 Å². The maximum Gasteiger partial charge on any atom is 0.325 e. The Bertz CT molecular complexity index is 1050. The van der Waals surface area contributed by atoms with Gasteiger partial charge in [-0.3, -0.25) is 28.8 Å². The molecule has 6 atom stereocenters. The second-order valence-corrected chi connectivity index (χ2v) is 13.6. The number of carbonyl (C=O) groups excluding carboxylic acids is 6. The molecule has 1 fully saturated rings. The third-order valence-corrected chi connectivity index (χ3v) is 8.67. The van der Waals surface area contributed by atoms with Gasteiger partial charge >= 0.3 is 5.97 Å². The first-order valence-corrected chi connectivity index (χ1v) is 17.5. The molecule has 14 heteroatoms. The van der Waals surface area contributed by atoms with Gasteiger partial charge in [-0.05, 0) is 31.1 Å². The highest BCUT2D eigenvalue weighted by atomic mass is 16.5. The van der Waals surface area contributed by atoms with E-state index in [0.29, 0.717) is 12.8 Å². The molecule has 276 valence electrons. The van der Waals surface area contributed by atoms with E-state index in [-0.39, 0.29) is 12.3 Å². The Kier molecular flexibility index (Phi) is 19.9. The highest BCUT2D eigenvalue weighted by Crippen LogP contribution is 2.22. The van der Waals surface area contributed by atoms with Gasteiger partial charge in [-0.15, -0.1) is 0 Å². The summed E-state index contributed by atoms with van der Waals surface area (Å²) in [4.78, 5) is 80.9. The summed E-state index contributed by atoms with van der Waals surface area (Å²) in [7, 11) is 1.51. The number of ether oxygens (including phenoxy) is 1. The summed E-state index contributed by atoms with van der Waals surface area (Å²) in [6.07, 6.45) is 8.24. The summed E-state index contributed by atoms with van der Waals surface area (Å²) >= 11 is 0. The Balaban J connectivity index is 3.41. The Morgan fingerprint density at radius 2 is 1.31 bits per heavy atom. The maximum atomic E-state index is 13.9. The minimum Gasteiger partial charge on any atom is -0.460 e. The maximum absolute atomic E-state index is 13.9. The molecule has 48 heavy (non-hydrogen) atoms. The number of carbonyl (C=O) groups is 6. The molecule has 0 saturated carbocycles. The number of aliphatic hydroxyl groups is 2. The zero-order valence-corrected chi connectivity index (χ0v) is 30.0. The highest BCUT2D eigenvalue weighted by Gasteiger charge is 2.37. The molecule has 1 unspecified atom stereocenters. The molecule has 6 N–H and O–H groups in total. The molecule has 0 aromatic carbocycles. The van der Waals surface area contributed by atoms with E-state index in [0.717, 1.165) is 25.7 Å². The molecule has 1 rings (SSSR count). The lowest BCUT2D eigenvalue weighted by molar-refractivity contribution is -0.157. The number of rotatable bonds is 14. The number of nitrogens with zero attached hydrogens (tertiary/aromatic N) is 1. The number of likely N-dealkylation sites (N-methyl/N-ethyl adjacent to an activating group) is 1. The average molecular weight is 684 g/mol. The van der Waals surface area contributed by atoms with Gasteiger partial charge in [-0.25, -0.2) is 0 Å². The Morgan fingerprint density at radius 1 is 0.771 bits per heavy atom. The zero-order chi connectivity index (χ0) is 36.4. The Labute approximate surface area is 285 Å². The smallest absolute Gasteiger partial charge is 0.325 e. The number of cyclic esters (lactones) is 1. The summed E-state index contributed by atoms with van der Waals surface area (Å²) < 4.78 is 5.75. The summed E-state index contributed by atoms with van der Waals surface area (Å²) in [6, 6.07) is -5.11. The van der Waals surface area contributed by atoms with Crippen molar-refractivity contribution in [2.75, 3.05) is 26.8 Å². The van der Waals surface area contributed by atoms with Gasteiger partial charge in [0.25, 0.3) is 0 Å². The van der Waals surface area contributed by atoms with Crippen molar-refractivity contribution in [3.63, 3.8) is 0 Å². The summed E-state index contributed by atoms with van der Waals surface area (Å²) in [5, 5.41) is 29.4. The molecule has 1 aliphatic rings. The van der Waals surface area contributed by atoms with Crippen LogP contribution in [0.2, 0.25) is 0 Å². The molecule has 0 aromatic heterocycles. The molecule has 0 radical (unpaired) electrons.